The summed E-state index contributed by atoms with van der Waals surface area (Å²) in [6.07, 6.45) is -0.832. The van der Waals surface area contributed by atoms with Crippen LogP contribution in [0.3, 0.4) is 0 Å². The molecule has 1 unspecified atom stereocenters. The van der Waals surface area contributed by atoms with Crippen LogP contribution >= 0.6 is 11.8 Å². The van der Waals surface area contributed by atoms with Gasteiger partial charge < -0.3 is 20.6 Å². The summed E-state index contributed by atoms with van der Waals surface area (Å²) >= 11 is 0.649. The maximum absolute atomic E-state index is 13.0. The number of aliphatic hydroxyl groups is 1. The summed E-state index contributed by atoms with van der Waals surface area (Å²) in [6, 6.07) is 14.8. The molecular weight excluding hydrogens is 422 g/mol. The lowest BCUT2D eigenvalue weighted by molar-refractivity contribution is -0.146. The molecule has 158 valence electrons. The number of amides is 1. The van der Waals surface area contributed by atoms with E-state index in [2.05, 4.69) is 5.32 Å². The maximum Gasteiger partial charge on any atom is 0.326 e. The number of rotatable bonds is 7. The predicted octanol–water partition coefficient (Wildman–Crippen LogP) is 2.68. The van der Waals surface area contributed by atoms with Crippen molar-refractivity contribution in [2.45, 2.75) is 12.5 Å². The quantitative estimate of drug-likeness (QED) is 0.483. The van der Waals surface area contributed by atoms with Crippen molar-refractivity contribution >= 4 is 45.9 Å². The van der Waals surface area contributed by atoms with Crippen molar-refractivity contribution in [3.8, 4) is 0 Å². The summed E-state index contributed by atoms with van der Waals surface area (Å²) in [6.45, 7) is 0. The molecular formula is C22H17NO7S. The topological polar surface area (TPSA) is 141 Å². The predicted molar refractivity (Wildman–Crippen MR) is 114 cm³/mol. The molecule has 0 aliphatic carbocycles. The molecule has 8 nitrogen and oxygen atoms in total. The molecule has 0 saturated heterocycles. The van der Waals surface area contributed by atoms with Crippen LogP contribution in [0.2, 0.25) is 0 Å². The summed E-state index contributed by atoms with van der Waals surface area (Å²) in [5.41, 5.74) is 0.700. The Morgan fingerprint density at radius 3 is 2.06 bits per heavy atom. The summed E-state index contributed by atoms with van der Waals surface area (Å²) in [4.78, 5) is 48.0. The van der Waals surface area contributed by atoms with E-state index < -0.39 is 41.2 Å². The molecule has 3 rings (SSSR count). The zero-order valence-corrected chi connectivity index (χ0v) is 16.8. The number of hydrogen-bond acceptors (Lipinski definition) is 6. The van der Waals surface area contributed by atoms with Crippen LogP contribution in [0.5, 0.6) is 0 Å². The molecule has 0 radical (unpaired) electrons. The molecule has 0 spiro atoms. The number of thioether (sulfide) groups is 1. The van der Waals surface area contributed by atoms with Gasteiger partial charge in [0.15, 0.2) is 0 Å². The van der Waals surface area contributed by atoms with Gasteiger partial charge in [0.25, 0.3) is 5.91 Å². The lowest BCUT2D eigenvalue weighted by atomic mass is 10.0. The second-order valence-electron chi connectivity index (χ2n) is 6.51. The molecule has 1 aliphatic rings. The van der Waals surface area contributed by atoms with Gasteiger partial charge in [-0.05, 0) is 22.9 Å². The van der Waals surface area contributed by atoms with E-state index in [9.17, 15) is 29.4 Å². The van der Waals surface area contributed by atoms with Gasteiger partial charge in [-0.25, -0.2) is 4.79 Å². The molecule has 0 bridgehead atoms. The molecule has 1 atom stereocenters. The van der Waals surface area contributed by atoms with Crippen LogP contribution in [0.4, 0.5) is 0 Å². The first kappa shape index (κ1) is 21.8. The fourth-order valence-electron chi connectivity index (χ4n) is 3.01. The SMILES string of the molecule is O=C(O)CC(NC(=O)/C(=C1/SC(=O)C(c2ccccc2)=C1O)c1ccccc1)C(=O)O. The van der Waals surface area contributed by atoms with Crippen molar-refractivity contribution in [1.29, 1.82) is 0 Å². The van der Waals surface area contributed by atoms with Crippen LogP contribution in [0.15, 0.2) is 71.3 Å². The van der Waals surface area contributed by atoms with Gasteiger partial charge in [-0.1, -0.05) is 60.7 Å². The summed E-state index contributed by atoms with van der Waals surface area (Å²) in [5.74, 6) is -4.24. The molecule has 0 aromatic heterocycles. The minimum Gasteiger partial charge on any atom is -0.506 e. The average Bonchev–Trinajstić information content (AvgIpc) is 3.02. The van der Waals surface area contributed by atoms with Gasteiger partial charge in [0.1, 0.15) is 11.8 Å². The number of carbonyl (C=O) groups is 4. The van der Waals surface area contributed by atoms with E-state index in [-0.39, 0.29) is 16.1 Å². The zero-order valence-electron chi connectivity index (χ0n) is 15.9. The molecule has 9 heteroatoms. The highest BCUT2D eigenvalue weighted by molar-refractivity contribution is 8.19. The minimum absolute atomic E-state index is 0.0298. The van der Waals surface area contributed by atoms with Gasteiger partial charge in [-0.3, -0.25) is 14.4 Å². The minimum atomic E-state index is -1.69. The Bertz CT molecular complexity index is 1110. The monoisotopic (exact) mass is 439 g/mol. The van der Waals surface area contributed by atoms with Gasteiger partial charge in [-0.2, -0.15) is 0 Å². The Balaban J connectivity index is 2.12. The molecule has 0 fully saturated rings. The number of aliphatic hydroxyl groups excluding tert-OH is 1. The van der Waals surface area contributed by atoms with Crippen LogP contribution in [0, 0.1) is 0 Å². The van der Waals surface area contributed by atoms with Crippen LogP contribution < -0.4 is 5.32 Å². The van der Waals surface area contributed by atoms with E-state index in [1.165, 1.54) is 0 Å². The fraction of sp³-hybridized carbons (Fsp3) is 0.0909. The Hall–Kier alpha value is -3.85. The number of carboxylic acid groups (broad SMARTS) is 2. The van der Waals surface area contributed by atoms with Gasteiger partial charge in [-0.15, -0.1) is 0 Å². The van der Waals surface area contributed by atoms with Crippen LogP contribution in [0.1, 0.15) is 17.5 Å². The first-order valence-corrected chi connectivity index (χ1v) is 9.87. The third-order valence-electron chi connectivity index (χ3n) is 4.41. The highest BCUT2D eigenvalue weighted by Crippen LogP contribution is 2.44. The average molecular weight is 439 g/mol. The lowest BCUT2D eigenvalue weighted by Gasteiger charge is -2.16. The molecule has 4 N–H and O–H groups in total. The van der Waals surface area contributed by atoms with Crippen molar-refractivity contribution in [3.63, 3.8) is 0 Å². The van der Waals surface area contributed by atoms with E-state index in [0.717, 1.165) is 0 Å². The number of nitrogens with one attached hydrogen (secondary N) is 1. The Morgan fingerprint density at radius 2 is 1.52 bits per heavy atom. The van der Waals surface area contributed by atoms with Crippen molar-refractivity contribution in [2.75, 3.05) is 0 Å². The number of aliphatic carboxylic acids is 2. The Kier molecular flexibility index (Phi) is 6.56. The second-order valence-corrected chi connectivity index (χ2v) is 7.49. The number of benzene rings is 2. The van der Waals surface area contributed by atoms with Crippen molar-refractivity contribution in [3.05, 3.63) is 82.5 Å². The zero-order chi connectivity index (χ0) is 22.5. The highest BCUT2D eigenvalue weighted by atomic mass is 32.2. The standard InChI is InChI=1S/C22H17NO7S/c24-15(25)11-14(21(28)29)23-20(27)17(13-9-5-2-6-10-13)19-18(26)16(22(30)31-19)12-7-3-1-4-8-12/h1-10,14,26H,11H2,(H,23,27)(H,24,25)(H,28,29)/b19-17+. The van der Waals surface area contributed by atoms with Crippen molar-refractivity contribution < 1.29 is 34.5 Å². The van der Waals surface area contributed by atoms with Gasteiger partial charge >= 0.3 is 11.9 Å². The van der Waals surface area contributed by atoms with Crippen molar-refractivity contribution in [1.82, 2.24) is 5.32 Å². The first-order valence-electron chi connectivity index (χ1n) is 9.06. The summed E-state index contributed by atoms with van der Waals surface area (Å²) < 4.78 is 0. The van der Waals surface area contributed by atoms with E-state index in [1.807, 2.05) is 0 Å². The second kappa shape index (κ2) is 9.31. The van der Waals surface area contributed by atoms with Gasteiger partial charge in [0, 0.05) is 0 Å². The molecule has 1 aliphatic heterocycles. The highest BCUT2D eigenvalue weighted by Gasteiger charge is 2.35. The number of carboxylic acids is 2. The lowest BCUT2D eigenvalue weighted by Crippen LogP contribution is -2.42. The van der Waals surface area contributed by atoms with Gasteiger partial charge in [0.05, 0.1) is 22.5 Å². The number of carbonyl (C=O) groups excluding carboxylic acids is 2. The number of hydrogen-bond donors (Lipinski definition) is 4. The fourth-order valence-corrected chi connectivity index (χ4v) is 4.02. The van der Waals surface area contributed by atoms with Crippen molar-refractivity contribution in [2.24, 2.45) is 0 Å². The largest absolute Gasteiger partial charge is 0.506 e. The molecule has 1 amide bonds. The molecule has 0 saturated carbocycles. The van der Waals surface area contributed by atoms with Gasteiger partial charge in [0.2, 0.25) is 5.12 Å². The Labute approximate surface area is 180 Å². The molecule has 2 aromatic rings. The maximum atomic E-state index is 13.0. The van der Waals surface area contributed by atoms with E-state index in [1.54, 1.807) is 60.7 Å². The van der Waals surface area contributed by atoms with E-state index in [0.29, 0.717) is 22.9 Å². The van der Waals surface area contributed by atoms with E-state index in [4.69, 9.17) is 5.11 Å². The normalized spacial score (nSPS) is 16.1. The molecule has 1 heterocycles. The third-order valence-corrected chi connectivity index (χ3v) is 5.40. The summed E-state index contributed by atoms with van der Waals surface area (Å²) in [7, 11) is 0. The van der Waals surface area contributed by atoms with Crippen LogP contribution in [0.25, 0.3) is 11.1 Å². The van der Waals surface area contributed by atoms with Crippen LogP contribution in [-0.2, 0) is 19.2 Å². The van der Waals surface area contributed by atoms with Crippen LogP contribution in [-0.4, -0.2) is 44.3 Å². The summed E-state index contributed by atoms with van der Waals surface area (Å²) in [5, 5.41) is 30.7. The molecule has 2 aromatic carbocycles. The third kappa shape index (κ3) is 4.84. The first-order chi connectivity index (χ1) is 14.8. The Morgan fingerprint density at radius 1 is 0.935 bits per heavy atom. The smallest absolute Gasteiger partial charge is 0.326 e. The molecule has 31 heavy (non-hydrogen) atoms. The van der Waals surface area contributed by atoms with E-state index >= 15 is 0 Å².